The summed E-state index contributed by atoms with van der Waals surface area (Å²) >= 11 is 0. The van der Waals surface area contributed by atoms with Crippen LogP contribution in [0.2, 0.25) is 6.82 Å². The molecule has 0 saturated carbocycles. The molecule has 13 heavy (non-hydrogen) atoms. The van der Waals surface area contributed by atoms with Gasteiger partial charge in [-0.25, -0.2) is 0 Å². The molecule has 0 atom stereocenters. The lowest BCUT2D eigenvalue weighted by Gasteiger charge is -2.18. The van der Waals surface area contributed by atoms with Crippen molar-refractivity contribution in [2.75, 3.05) is 6.54 Å². The lowest BCUT2D eigenvalue weighted by atomic mass is 9.64. The van der Waals surface area contributed by atoms with Crippen LogP contribution in [0.1, 0.15) is 11.1 Å². The van der Waals surface area contributed by atoms with Gasteiger partial charge in [-0.2, -0.15) is 0 Å². The first kappa shape index (κ1) is 8.79. The topological polar surface area (TPSA) is 32.3 Å². The quantitative estimate of drug-likeness (QED) is 0.595. The average Bonchev–Trinajstić information content (AvgIpc) is 2.17. The fourth-order valence-electron chi connectivity index (χ4n) is 1.76. The molecule has 0 aliphatic carbocycles. The van der Waals surface area contributed by atoms with E-state index in [1.165, 1.54) is 11.1 Å². The number of hydrogen-bond donors (Lipinski definition) is 2. The summed E-state index contributed by atoms with van der Waals surface area (Å²) < 4.78 is 0. The van der Waals surface area contributed by atoms with Crippen LogP contribution in [-0.4, -0.2) is 18.5 Å². The highest BCUT2D eigenvalue weighted by Crippen LogP contribution is 2.11. The van der Waals surface area contributed by atoms with E-state index in [9.17, 15) is 5.02 Å². The normalized spacial score (nSPS) is 15.2. The molecule has 0 bridgehead atoms. The van der Waals surface area contributed by atoms with Crippen LogP contribution in [0.3, 0.4) is 0 Å². The zero-order valence-corrected chi connectivity index (χ0v) is 7.88. The first-order valence-corrected chi connectivity index (χ1v) is 4.78. The zero-order chi connectivity index (χ0) is 9.26. The lowest BCUT2D eigenvalue weighted by Crippen LogP contribution is -2.30. The van der Waals surface area contributed by atoms with Crippen molar-refractivity contribution < 1.29 is 5.02 Å². The number of rotatable bonds is 1. The molecule has 68 valence electrons. The van der Waals surface area contributed by atoms with Gasteiger partial charge < -0.3 is 10.3 Å². The van der Waals surface area contributed by atoms with Gasteiger partial charge in [0.2, 0.25) is 0 Å². The maximum Gasteiger partial charge on any atom is 0.320 e. The van der Waals surface area contributed by atoms with Crippen molar-refractivity contribution in [2.45, 2.75) is 19.8 Å². The zero-order valence-electron chi connectivity index (χ0n) is 7.88. The summed E-state index contributed by atoms with van der Waals surface area (Å²) in [7, 11) is 0. The Morgan fingerprint density at radius 2 is 2.23 bits per heavy atom. The Balaban J connectivity index is 2.35. The second kappa shape index (κ2) is 3.52. The predicted molar refractivity (Wildman–Crippen MR) is 55.3 cm³/mol. The summed E-state index contributed by atoms with van der Waals surface area (Å²) in [5.41, 5.74) is 3.77. The van der Waals surface area contributed by atoms with Gasteiger partial charge in [-0.3, -0.25) is 0 Å². The molecule has 0 saturated heterocycles. The molecule has 1 aromatic rings. The van der Waals surface area contributed by atoms with E-state index < -0.39 is 0 Å². The molecule has 0 radical (unpaired) electrons. The van der Waals surface area contributed by atoms with E-state index in [1.807, 2.05) is 6.07 Å². The largest absolute Gasteiger partial charge is 0.447 e. The predicted octanol–water partition coefficient (Wildman–Crippen LogP) is 0.153. The first-order valence-electron chi connectivity index (χ1n) is 4.78. The van der Waals surface area contributed by atoms with Crippen molar-refractivity contribution in [1.82, 2.24) is 5.32 Å². The second-order valence-corrected chi connectivity index (χ2v) is 3.63. The Hall–Kier alpha value is -0.795. The van der Waals surface area contributed by atoms with Crippen LogP contribution in [-0.2, 0) is 13.0 Å². The smallest absolute Gasteiger partial charge is 0.320 e. The lowest BCUT2D eigenvalue weighted by molar-refractivity contribution is 0.593. The van der Waals surface area contributed by atoms with Crippen LogP contribution >= 0.6 is 0 Å². The minimum absolute atomic E-state index is 0.354. The molecule has 2 rings (SSSR count). The molecule has 1 aromatic carbocycles. The molecule has 0 aromatic heterocycles. The van der Waals surface area contributed by atoms with Gasteiger partial charge in [0.05, 0.1) is 0 Å². The van der Waals surface area contributed by atoms with Crippen LogP contribution in [0.5, 0.6) is 0 Å². The summed E-state index contributed by atoms with van der Waals surface area (Å²) in [5.74, 6) is 0. The highest BCUT2D eigenvalue weighted by Gasteiger charge is 2.12. The maximum absolute atomic E-state index is 9.40. The standard InChI is InChI=1S/C10H14BNO/c1-11(13)10-3-2-8-4-5-12-7-9(8)6-10/h2-3,6,12-13H,4-5,7H2,1H3. The molecule has 0 unspecified atom stereocenters. The van der Waals surface area contributed by atoms with E-state index in [1.54, 1.807) is 6.82 Å². The third kappa shape index (κ3) is 1.76. The summed E-state index contributed by atoms with van der Waals surface area (Å²) in [5, 5.41) is 12.7. The van der Waals surface area contributed by atoms with Crippen molar-refractivity contribution in [2.24, 2.45) is 0 Å². The summed E-state index contributed by atoms with van der Waals surface area (Å²) in [6.45, 7) is 3.46. The van der Waals surface area contributed by atoms with Crippen LogP contribution < -0.4 is 10.8 Å². The highest BCUT2D eigenvalue weighted by molar-refractivity contribution is 6.64. The Labute approximate surface area is 79.1 Å². The number of fused-ring (bicyclic) bond motifs is 1. The minimum atomic E-state index is -0.354. The van der Waals surface area contributed by atoms with Crippen molar-refractivity contribution in [1.29, 1.82) is 0 Å². The Bertz CT molecular complexity index is 312. The van der Waals surface area contributed by atoms with Crippen LogP contribution in [0.4, 0.5) is 0 Å². The maximum atomic E-state index is 9.40. The molecule has 1 aliphatic heterocycles. The fraction of sp³-hybridized carbons (Fsp3) is 0.400. The summed E-state index contributed by atoms with van der Waals surface area (Å²) in [6.07, 6.45) is 1.11. The van der Waals surface area contributed by atoms with Gasteiger partial charge in [-0.05, 0) is 29.6 Å². The van der Waals surface area contributed by atoms with Gasteiger partial charge in [-0.15, -0.1) is 0 Å². The van der Waals surface area contributed by atoms with Crippen molar-refractivity contribution in [3.63, 3.8) is 0 Å². The Morgan fingerprint density at radius 3 is 3.00 bits per heavy atom. The van der Waals surface area contributed by atoms with Gasteiger partial charge in [0.1, 0.15) is 0 Å². The monoisotopic (exact) mass is 175 g/mol. The highest BCUT2D eigenvalue weighted by atomic mass is 16.2. The fourth-order valence-corrected chi connectivity index (χ4v) is 1.76. The van der Waals surface area contributed by atoms with Gasteiger partial charge in [0, 0.05) is 6.54 Å². The van der Waals surface area contributed by atoms with E-state index in [4.69, 9.17) is 0 Å². The molecule has 0 fully saturated rings. The van der Waals surface area contributed by atoms with E-state index in [2.05, 4.69) is 17.4 Å². The summed E-state index contributed by atoms with van der Waals surface area (Å²) in [4.78, 5) is 0. The van der Waals surface area contributed by atoms with Crippen LogP contribution in [0.25, 0.3) is 0 Å². The molecule has 0 spiro atoms. The average molecular weight is 175 g/mol. The van der Waals surface area contributed by atoms with Gasteiger partial charge in [0.25, 0.3) is 0 Å². The SMILES string of the molecule is CB(O)c1ccc2c(c1)CNCC2. The first-order chi connectivity index (χ1) is 6.27. The molecule has 2 N–H and O–H groups in total. The van der Waals surface area contributed by atoms with E-state index in [0.29, 0.717) is 0 Å². The molecule has 2 nitrogen and oxygen atoms in total. The molecule has 1 aliphatic rings. The van der Waals surface area contributed by atoms with Gasteiger partial charge in [-0.1, -0.05) is 25.0 Å². The molecular formula is C10H14BNO. The van der Waals surface area contributed by atoms with E-state index >= 15 is 0 Å². The molecular weight excluding hydrogens is 161 g/mol. The van der Waals surface area contributed by atoms with Gasteiger partial charge >= 0.3 is 6.92 Å². The van der Waals surface area contributed by atoms with Crippen LogP contribution in [0, 0.1) is 0 Å². The Morgan fingerprint density at radius 1 is 1.38 bits per heavy atom. The number of hydrogen-bond acceptors (Lipinski definition) is 2. The van der Waals surface area contributed by atoms with Crippen molar-refractivity contribution >= 4 is 12.4 Å². The van der Waals surface area contributed by atoms with Crippen LogP contribution in [0.15, 0.2) is 18.2 Å². The van der Waals surface area contributed by atoms with E-state index in [0.717, 1.165) is 25.0 Å². The summed E-state index contributed by atoms with van der Waals surface area (Å²) in [6, 6.07) is 6.26. The second-order valence-electron chi connectivity index (χ2n) is 3.63. The molecule has 0 amide bonds. The van der Waals surface area contributed by atoms with E-state index in [-0.39, 0.29) is 6.92 Å². The van der Waals surface area contributed by atoms with Crippen molar-refractivity contribution in [3.05, 3.63) is 29.3 Å². The van der Waals surface area contributed by atoms with Gasteiger partial charge in [0.15, 0.2) is 0 Å². The number of nitrogens with one attached hydrogen (secondary N) is 1. The third-order valence-corrected chi connectivity index (χ3v) is 2.60. The number of benzene rings is 1. The molecule has 3 heteroatoms. The third-order valence-electron chi connectivity index (χ3n) is 2.60. The minimum Gasteiger partial charge on any atom is -0.447 e. The molecule has 1 heterocycles. The van der Waals surface area contributed by atoms with Crippen molar-refractivity contribution in [3.8, 4) is 0 Å². The Kier molecular flexibility index (Phi) is 2.38.